The van der Waals surface area contributed by atoms with Gasteiger partial charge in [-0.3, -0.25) is 9.59 Å². The van der Waals surface area contributed by atoms with Crippen LogP contribution in [0.5, 0.6) is 5.75 Å². The van der Waals surface area contributed by atoms with Crippen LogP contribution in [0.25, 0.3) is 5.69 Å². The molecule has 30 heavy (non-hydrogen) atoms. The molecular weight excluding hydrogens is 386 g/mol. The Bertz CT molecular complexity index is 1110. The van der Waals surface area contributed by atoms with Crippen LogP contribution >= 0.6 is 0 Å². The van der Waals surface area contributed by atoms with Crippen LogP contribution in [0.1, 0.15) is 21.7 Å². The predicted octanol–water partition coefficient (Wildman–Crippen LogP) is 2.02. The normalized spacial score (nSPS) is 10.3. The van der Waals surface area contributed by atoms with Gasteiger partial charge in [0.05, 0.1) is 12.8 Å². The number of methoxy groups -OCH3 is 1. The van der Waals surface area contributed by atoms with Crippen molar-refractivity contribution in [1.82, 2.24) is 15.1 Å². The van der Waals surface area contributed by atoms with Gasteiger partial charge in [0.25, 0.3) is 5.91 Å². The number of benzene rings is 2. The van der Waals surface area contributed by atoms with E-state index in [-0.39, 0.29) is 12.2 Å². The number of carbonyl (C=O) groups is 2. The molecule has 0 fully saturated rings. The summed E-state index contributed by atoms with van der Waals surface area (Å²) in [5.74, 6) is -0.831. The second-order valence-corrected chi connectivity index (χ2v) is 6.41. The molecule has 1 amide bonds. The van der Waals surface area contributed by atoms with Gasteiger partial charge < -0.3 is 14.8 Å². The van der Waals surface area contributed by atoms with E-state index in [2.05, 4.69) is 10.4 Å². The highest BCUT2D eigenvalue weighted by Gasteiger charge is 2.18. The number of esters is 1. The van der Waals surface area contributed by atoms with E-state index in [9.17, 15) is 14.4 Å². The van der Waals surface area contributed by atoms with Gasteiger partial charge in [0, 0.05) is 23.9 Å². The number of aromatic nitrogens is 2. The highest BCUT2D eigenvalue weighted by atomic mass is 16.5. The quantitative estimate of drug-likeness (QED) is 0.602. The first-order valence-electron chi connectivity index (χ1n) is 9.21. The number of hydrogen-bond acceptors (Lipinski definition) is 6. The molecule has 1 N–H and O–H groups in total. The third-order valence-corrected chi connectivity index (χ3v) is 4.30. The van der Waals surface area contributed by atoms with Crippen molar-refractivity contribution >= 4 is 11.9 Å². The first-order valence-corrected chi connectivity index (χ1v) is 9.21. The molecule has 0 spiro atoms. The van der Waals surface area contributed by atoms with Crippen LogP contribution in [0.2, 0.25) is 0 Å². The van der Waals surface area contributed by atoms with Crippen LogP contribution in [0.15, 0.2) is 65.5 Å². The molecule has 0 bridgehead atoms. The lowest BCUT2D eigenvalue weighted by atomic mass is 10.2. The molecule has 8 heteroatoms. The molecule has 154 valence electrons. The number of hydrogen-bond donors (Lipinski definition) is 1. The Hall–Kier alpha value is -3.94. The molecule has 0 aliphatic heterocycles. The summed E-state index contributed by atoms with van der Waals surface area (Å²) in [5.41, 5.74) is 1.09. The van der Waals surface area contributed by atoms with E-state index >= 15 is 0 Å². The number of rotatable bonds is 7. The van der Waals surface area contributed by atoms with Crippen molar-refractivity contribution in [1.29, 1.82) is 0 Å². The summed E-state index contributed by atoms with van der Waals surface area (Å²) >= 11 is 0. The van der Waals surface area contributed by atoms with E-state index < -0.39 is 23.9 Å². The lowest BCUT2D eigenvalue weighted by Crippen LogP contribution is -2.30. The van der Waals surface area contributed by atoms with E-state index in [0.29, 0.717) is 17.1 Å². The second-order valence-electron chi connectivity index (χ2n) is 6.41. The average molecular weight is 407 g/mol. The van der Waals surface area contributed by atoms with Crippen LogP contribution in [0.4, 0.5) is 0 Å². The topological polar surface area (TPSA) is 99.5 Å². The zero-order valence-corrected chi connectivity index (χ0v) is 16.6. The zero-order chi connectivity index (χ0) is 21.5. The summed E-state index contributed by atoms with van der Waals surface area (Å²) in [6, 6.07) is 17.6. The number of carbonyl (C=O) groups excluding carboxylic acids is 2. The molecular formula is C22H21N3O5. The van der Waals surface area contributed by atoms with E-state index in [0.717, 1.165) is 5.56 Å². The molecule has 2 aromatic carbocycles. The van der Waals surface area contributed by atoms with Crippen molar-refractivity contribution in [3.8, 4) is 11.4 Å². The summed E-state index contributed by atoms with van der Waals surface area (Å²) in [6.07, 6.45) is 0. The smallest absolute Gasteiger partial charge is 0.363 e. The molecule has 3 aromatic rings. The fourth-order valence-corrected chi connectivity index (χ4v) is 2.81. The molecule has 1 heterocycles. The molecule has 0 saturated carbocycles. The Balaban J connectivity index is 1.65. The molecule has 0 unspecified atom stereocenters. The largest absolute Gasteiger partial charge is 0.496 e. The van der Waals surface area contributed by atoms with E-state index in [4.69, 9.17) is 9.47 Å². The van der Waals surface area contributed by atoms with Crippen molar-refractivity contribution in [2.75, 3.05) is 13.7 Å². The Morgan fingerprint density at radius 1 is 1.07 bits per heavy atom. The van der Waals surface area contributed by atoms with Gasteiger partial charge in [-0.2, -0.15) is 5.10 Å². The van der Waals surface area contributed by atoms with Gasteiger partial charge in [0.15, 0.2) is 6.61 Å². The molecule has 1 aromatic heterocycles. The molecule has 3 rings (SSSR count). The van der Waals surface area contributed by atoms with Gasteiger partial charge in [-0.05, 0) is 25.1 Å². The molecule has 0 atom stereocenters. The number of para-hydroxylation sites is 2. The van der Waals surface area contributed by atoms with E-state index in [1.54, 1.807) is 32.2 Å². The molecule has 0 aliphatic carbocycles. The Kier molecular flexibility index (Phi) is 6.59. The van der Waals surface area contributed by atoms with Gasteiger partial charge >= 0.3 is 5.97 Å². The second kappa shape index (κ2) is 9.51. The average Bonchev–Trinajstić information content (AvgIpc) is 2.77. The molecule has 0 saturated heterocycles. The SMILES string of the molecule is COc1ccccc1CNC(=O)COC(=O)c1nn(-c2ccccc2)c(C)cc1=O. The van der Waals surface area contributed by atoms with Crippen LogP contribution in [0, 0.1) is 6.92 Å². The van der Waals surface area contributed by atoms with Crippen LogP contribution in [-0.4, -0.2) is 35.4 Å². The van der Waals surface area contributed by atoms with Gasteiger partial charge in [-0.25, -0.2) is 9.48 Å². The van der Waals surface area contributed by atoms with Crippen molar-refractivity contribution < 1.29 is 19.1 Å². The van der Waals surface area contributed by atoms with Crippen LogP contribution in [-0.2, 0) is 16.1 Å². The fourth-order valence-electron chi connectivity index (χ4n) is 2.81. The standard InChI is InChI=1S/C22H21N3O5/c1-15-12-18(26)21(24-25(15)17-9-4-3-5-10-17)22(28)30-14-20(27)23-13-16-8-6-7-11-19(16)29-2/h3-12H,13-14H2,1-2H3,(H,23,27). The number of nitrogens with zero attached hydrogens (tertiary/aromatic N) is 2. The Labute approximate surface area is 173 Å². The third kappa shape index (κ3) is 4.91. The summed E-state index contributed by atoms with van der Waals surface area (Å²) in [6.45, 7) is 1.39. The van der Waals surface area contributed by atoms with Crippen LogP contribution < -0.4 is 15.5 Å². The maximum atomic E-state index is 12.3. The number of amides is 1. The Morgan fingerprint density at radius 2 is 1.77 bits per heavy atom. The fraction of sp³-hybridized carbons (Fsp3) is 0.182. The maximum Gasteiger partial charge on any atom is 0.363 e. The van der Waals surface area contributed by atoms with Gasteiger partial charge in [0.1, 0.15) is 5.75 Å². The van der Waals surface area contributed by atoms with E-state index in [1.807, 2.05) is 36.4 Å². The minimum absolute atomic E-state index is 0.212. The van der Waals surface area contributed by atoms with Crippen molar-refractivity contribution in [2.24, 2.45) is 0 Å². The predicted molar refractivity (Wildman–Crippen MR) is 110 cm³/mol. The zero-order valence-electron chi connectivity index (χ0n) is 16.6. The lowest BCUT2D eigenvalue weighted by molar-refractivity contribution is -0.124. The lowest BCUT2D eigenvalue weighted by Gasteiger charge is -2.11. The first kappa shape index (κ1) is 20.8. The summed E-state index contributed by atoms with van der Waals surface area (Å²) < 4.78 is 11.7. The van der Waals surface area contributed by atoms with E-state index in [1.165, 1.54) is 10.7 Å². The third-order valence-electron chi connectivity index (χ3n) is 4.30. The van der Waals surface area contributed by atoms with Gasteiger partial charge in [-0.15, -0.1) is 0 Å². The van der Waals surface area contributed by atoms with Gasteiger partial charge in [0.2, 0.25) is 11.1 Å². The summed E-state index contributed by atoms with van der Waals surface area (Å²) in [4.78, 5) is 36.6. The summed E-state index contributed by atoms with van der Waals surface area (Å²) in [5, 5.41) is 6.76. The number of ether oxygens (including phenoxy) is 2. The summed E-state index contributed by atoms with van der Waals surface area (Å²) in [7, 11) is 1.54. The molecule has 8 nitrogen and oxygen atoms in total. The van der Waals surface area contributed by atoms with Crippen molar-refractivity contribution in [3.05, 3.63) is 87.8 Å². The minimum atomic E-state index is -0.961. The van der Waals surface area contributed by atoms with Crippen molar-refractivity contribution in [2.45, 2.75) is 13.5 Å². The number of aryl methyl sites for hydroxylation is 1. The number of nitrogens with one attached hydrogen (secondary N) is 1. The maximum absolute atomic E-state index is 12.3. The minimum Gasteiger partial charge on any atom is -0.496 e. The highest BCUT2D eigenvalue weighted by Crippen LogP contribution is 2.16. The van der Waals surface area contributed by atoms with Gasteiger partial charge in [-0.1, -0.05) is 36.4 Å². The first-order chi connectivity index (χ1) is 14.5. The van der Waals surface area contributed by atoms with Crippen LogP contribution in [0.3, 0.4) is 0 Å². The van der Waals surface area contributed by atoms with Crippen molar-refractivity contribution in [3.63, 3.8) is 0 Å². The highest BCUT2D eigenvalue weighted by molar-refractivity contribution is 5.89. The molecule has 0 aliphatic rings. The molecule has 0 radical (unpaired) electrons. The monoisotopic (exact) mass is 407 g/mol. The Morgan fingerprint density at radius 3 is 2.50 bits per heavy atom.